The van der Waals surface area contributed by atoms with Crippen molar-refractivity contribution in [2.45, 2.75) is 12.5 Å². The van der Waals surface area contributed by atoms with Crippen molar-refractivity contribution in [3.05, 3.63) is 49.8 Å². The van der Waals surface area contributed by atoms with Crippen molar-refractivity contribution >= 4 is 38.9 Å². The van der Waals surface area contributed by atoms with E-state index in [1.54, 1.807) is 23.8 Å². The summed E-state index contributed by atoms with van der Waals surface area (Å²) in [5.41, 5.74) is 2.57. The Morgan fingerprint density at radius 2 is 2.31 bits per heavy atom. The molecule has 1 aromatic heterocycles. The summed E-state index contributed by atoms with van der Waals surface area (Å²) in [7, 11) is 0. The molecule has 0 radical (unpaired) electrons. The molecule has 0 aliphatic carbocycles. The Kier molecular flexibility index (Phi) is 3.97. The average molecular weight is 319 g/mol. The molecular weight excluding hydrogens is 310 g/mol. The number of thiazole rings is 1. The first-order valence-electron chi connectivity index (χ1n) is 4.67. The van der Waals surface area contributed by atoms with E-state index >= 15 is 0 Å². The van der Waals surface area contributed by atoms with Gasteiger partial charge in [-0.2, -0.15) is 0 Å². The Morgan fingerprint density at radius 3 is 3.00 bits per heavy atom. The minimum Gasteiger partial charge on any atom is -0.388 e. The minimum absolute atomic E-state index is 0.559. The zero-order valence-corrected chi connectivity index (χ0v) is 11.4. The fraction of sp³-hybridized carbons (Fsp3) is 0.182. The summed E-state index contributed by atoms with van der Waals surface area (Å²) < 4.78 is 0.869. The lowest BCUT2D eigenvalue weighted by Gasteiger charge is -2.12. The second kappa shape index (κ2) is 5.27. The highest BCUT2D eigenvalue weighted by atomic mass is 79.9. The molecule has 0 saturated carbocycles. The lowest BCUT2D eigenvalue weighted by molar-refractivity contribution is 0.178. The number of aromatic nitrogens is 1. The topological polar surface area (TPSA) is 33.1 Å². The van der Waals surface area contributed by atoms with Crippen LogP contribution in [0.2, 0.25) is 5.02 Å². The van der Waals surface area contributed by atoms with Crippen LogP contribution in [0, 0.1) is 0 Å². The standard InChI is InChI=1S/C11H9BrClNOS/c12-10-2-1-7(13)3-9(10)11(15)4-8-5-14-6-16-8/h1-3,5-6,11,15H,4H2. The molecule has 2 aromatic rings. The molecule has 0 bridgehead atoms. The quantitative estimate of drug-likeness (QED) is 0.933. The molecule has 1 aromatic carbocycles. The third kappa shape index (κ3) is 2.83. The molecule has 0 aliphatic heterocycles. The van der Waals surface area contributed by atoms with E-state index in [0.717, 1.165) is 14.9 Å². The largest absolute Gasteiger partial charge is 0.388 e. The summed E-state index contributed by atoms with van der Waals surface area (Å²) in [5, 5.41) is 10.7. The number of benzene rings is 1. The van der Waals surface area contributed by atoms with Gasteiger partial charge >= 0.3 is 0 Å². The Bertz CT molecular complexity index is 475. The van der Waals surface area contributed by atoms with Crippen LogP contribution in [-0.2, 0) is 6.42 Å². The van der Waals surface area contributed by atoms with Crippen LogP contribution < -0.4 is 0 Å². The van der Waals surface area contributed by atoms with Crippen LogP contribution >= 0.6 is 38.9 Å². The van der Waals surface area contributed by atoms with E-state index in [1.165, 1.54) is 11.3 Å². The molecule has 1 N–H and O–H groups in total. The van der Waals surface area contributed by atoms with Crippen LogP contribution in [0.3, 0.4) is 0 Å². The van der Waals surface area contributed by atoms with Gasteiger partial charge in [-0.1, -0.05) is 27.5 Å². The van der Waals surface area contributed by atoms with Gasteiger partial charge in [0, 0.05) is 27.0 Å². The van der Waals surface area contributed by atoms with Crippen molar-refractivity contribution in [1.82, 2.24) is 4.98 Å². The van der Waals surface area contributed by atoms with Gasteiger partial charge in [0.05, 0.1) is 11.6 Å². The smallest absolute Gasteiger partial charge is 0.0850 e. The minimum atomic E-state index is -0.562. The van der Waals surface area contributed by atoms with Crippen LogP contribution in [0.5, 0.6) is 0 Å². The highest BCUT2D eigenvalue weighted by molar-refractivity contribution is 9.10. The Hall–Kier alpha value is -0.420. The van der Waals surface area contributed by atoms with Crippen molar-refractivity contribution in [1.29, 1.82) is 0 Å². The number of rotatable bonds is 3. The first-order chi connectivity index (χ1) is 7.66. The second-order valence-electron chi connectivity index (χ2n) is 3.35. The van der Waals surface area contributed by atoms with E-state index in [4.69, 9.17) is 11.6 Å². The van der Waals surface area contributed by atoms with Crippen molar-refractivity contribution in [2.75, 3.05) is 0 Å². The molecule has 1 atom stereocenters. The molecule has 5 heteroatoms. The summed E-state index contributed by atoms with van der Waals surface area (Å²) in [4.78, 5) is 5.03. The first-order valence-corrected chi connectivity index (χ1v) is 6.72. The maximum atomic E-state index is 10.1. The number of hydrogen-bond acceptors (Lipinski definition) is 3. The van der Waals surface area contributed by atoms with Gasteiger partial charge in [-0.15, -0.1) is 11.3 Å². The first kappa shape index (κ1) is 12.0. The predicted octanol–water partition coefficient (Wildman–Crippen LogP) is 3.84. The molecule has 1 unspecified atom stereocenters. The molecule has 2 nitrogen and oxygen atoms in total. The highest BCUT2D eigenvalue weighted by Gasteiger charge is 2.13. The monoisotopic (exact) mass is 317 g/mol. The van der Waals surface area contributed by atoms with Crippen LogP contribution in [0.1, 0.15) is 16.5 Å². The molecule has 0 saturated heterocycles. The highest BCUT2D eigenvalue weighted by Crippen LogP contribution is 2.29. The number of hydrogen-bond donors (Lipinski definition) is 1. The molecule has 0 fully saturated rings. The third-order valence-corrected chi connectivity index (χ3v) is 3.95. The molecule has 0 amide bonds. The molecular formula is C11H9BrClNOS. The zero-order valence-electron chi connectivity index (χ0n) is 8.23. The Labute approximate surface area is 111 Å². The van der Waals surface area contributed by atoms with Crippen LogP contribution in [0.15, 0.2) is 34.4 Å². The number of aliphatic hydroxyl groups is 1. The fourth-order valence-corrected chi connectivity index (χ4v) is 2.74. The van der Waals surface area contributed by atoms with E-state index in [9.17, 15) is 5.11 Å². The molecule has 2 rings (SSSR count). The lowest BCUT2D eigenvalue weighted by Crippen LogP contribution is -2.01. The van der Waals surface area contributed by atoms with E-state index in [0.29, 0.717) is 11.4 Å². The lowest BCUT2D eigenvalue weighted by atomic mass is 10.1. The molecule has 0 spiro atoms. The normalized spacial score (nSPS) is 12.7. The van der Waals surface area contributed by atoms with Crippen LogP contribution in [0.4, 0.5) is 0 Å². The van der Waals surface area contributed by atoms with Gasteiger partial charge in [0.25, 0.3) is 0 Å². The van der Waals surface area contributed by atoms with Crippen molar-refractivity contribution in [3.8, 4) is 0 Å². The Morgan fingerprint density at radius 1 is 1.50 bits per heavy atom. The predicted molar refractivity (Wildman–Crippen MR) is 69.9 cm³/mol. The van der Waals surface area contributed by atoms with Gasteiger partial charge in [0.1, 0.15) is 0 Å². The van der Waals surface area contributed by atoms with Gasteiger partial charge in [-0.25, -0.2) is 0 Å². The molecule has 16 heavy (non-hydrogen) atoms. The number of nitrogens with zero attached hydrogens (tertiary/aromatic N) is 1. The third-order valence-electron chi connectivity index (χ3n) is 2.20. The summed E-state index contributed by atoms with van der Waals surface area (Å²) in [6.07, 6.45) is 1.77. The van der Waals surface area contributed by atoms with Crippen molar-refractivity contribution in [2.24, 2.45) is 0 Å². The SMILES string of the molecule is OC(Cc1cncs1)c1cc(Cl)ccc1Br. The van der Waals surface area contributed by atoms with E-state index in [1.807, 2.05) is 6.07 Å². The molecule has 1 heterocycles. The number of aliphatic hydroxyl groups excluding tert-OH is 1. The fourth-order valence-electron chi connectivity index (χ4n) is 1.41. The average Bonchev–Trinajstić information content (AvgIpc) is 2.74. The van der Waals surface area contributed by atoms with E-state index < -0.39 is 6.10 Å². The van der Waals surface area contributed by atoms with Gasteiger partial charge in [0.2, 0.25) is 0 Å². The van der Waals surface area contributed by atoms with E-state index in [2.05, 4.69) is 20.9 Å². The maximum Gasteiger partial charge on any atom is 0.0850 e. The zero-order chi connectivity index (χ0) is 11.5. The van der Waals surface area contributed by atoms with Crippen LogP contribution in [-0.4, -0.2) is 10.1 Å². The van der Waals surface area contributed by atoms with Gasteiger partial charge in [-0.3, -0.25) is 4.98 Å². The molecule has 0 aliphatic rings. The summed E-state index contributed by atoms with van der Waals surface area (Å²) in [6, 6.07) is 5.40. The number of halogens is 2. The maximum absolute atomic E-state index is 10.1. The van der Waals surface area contributed by atoms with Crippen LogP contribution in [0.25, 0.3) is 0 Å². The van der Waals surface area contributed by atoms with Gasteiger partial charge < -0.3 is 5.11 Å². The van der Waals surface area contributed by atoms with Crippen molar-refractivity contribution in [3.63, 3.8) is 0 Å². The summed E-state index contributed by atoms with van der Waals surface area (Å²) in [6.45, 7) is 0. The summed E-state index contributed by atoms with van der Waals surface area (Å²) >= 11 is 10.8. The summed E-state index contributed by atoms with van der Waals surface area (Å²) in [5.74, 6) is 0. The Balaban J connectivity index is 2.20. The molecule has 84 valence electrons. The van der Waals surface area contributed by atoms with Gasteiger partial charge in [0.15, 0.2) is 0 Å². The second-order valence-corrected chi connectivity index (χ2v) is 5.62. The van der Waals surface area contributed by atoms with E-state index in [-0.39, 0.29) is 0 Å². The van der Waals surface area contributed by atoms with Crippen molar-refractivity contribution < 1.29 is 5.11 Å². The van der Waals surface area contributed by atoms with Gasteiger partial charge in [-0.05, 0) is 23.8 Å².